The molecule has 0 fully saturated rings. The molecule has 5 heteroatoms. The summed E-state index contributed by atoms with van der Waals surface area (Å²) in [4.78, 5) is 20.7. The lowest BCUT2D eigenvalue weighted by molar-refractivity contribution is 0.0938. The second kappa shape index (κ2) is 7.55. The van der Waals surface area contributed by atoms with Gasteiger partial charge in [-0.1, -0.05) is 30.3 Å². The lowest BCUT2D eigenvalue weighted by Crippen LogP contribution is -2.33. The van der Waals surface area contributed by atoms with Crippen LogP contribution in [0.4, 0.5) is 0 Å². The Kier molecular flexibility index (Phi) is 5.01. The quantitative estimate of drug-likeness (QED) is 0.759. The van der Waals surface area contributed by atoms with Crippen molar-refractivity contribution in [3.8, 4) is 5.82 Å². The second-order valence-electron chi connectivity index (χ2n) is 5.77. The van der Waals surface area contributed by atoms with Crippen LogP contribution in [0.2, 0.25) is 0 Å². The molecule has 1 unspecified atom stereocenters. The smallest absolute Gasteiger partial charge is 0.251 e. The van der Waals surface area contributed by atoms with Crippen LogP contribution in [-0.4, -0.2) is 26.5 Å². The number of amides is 1. The average Bonchev–Trinajstić information content (AvgIpc) is 3.16. The van der Waals surface area contributed by atoms with E-state index in [2.05, 4.69) is 27.4 Å². The number of benzene rings is 1. The topological polar surface area (TPSA) is 59.8 Å². The predicted octanol–water partition coefficient (Wildman–Crippen LogP) is 3.02. The van der Waals surface area contributed by atoms with Crippen molar-refractivity contribution in [1.29, 1.82) is 0 Å². The highest BCUT2D eigenvalue weighted by Crippen LogP contribution is 2.09. The minimum Gasteiger partial charge on any atom is -0.350 e. The summed E-state index contributed by atoms with van der Waals surface area (Å²) in [5, 5.41) is 3.05. The molecule has 1 amide bonds. The third-order valence-corrected chi connectivity index (χ3v) is 3.86. The van der Waals surface area contributed by atoms with Crippen molar-refractivity contribution in [2.24, 2.45) is 0 Å². The first-order valence-corrected chi connectivity index (χ1v) is 8.01. The highest BCUT2D eigenvalue weighted by molar-refractivity contribution is 5.94. The molecule has 0 aliphatic heterocycles. The fourth-order valence-corrected chi connectivity index (χ4v) is 2.50. The number of aromatic nitrogens is 3. The Morgan fingerprint density at radius 3 is 2.79 bits per heavy atom. The van der Waals surface area contributed by atoms with E-state index >= 15 is 0 Å². The summed E-state index contributed by atoms with van der Waals surface area (Å²) in [5.41, 5.74) is 1.88. The lowest BCUT2D eigenvalue weighted by atomic mass is 10.1. The largest absolute Gasteiger partial charge is 0.350 e. The zero-order chi connectivity index (χ0) is 16.8. The van der Waals surface area contributed by atoms with Crippen molar-refractivity contribution in [1.82, 2.24) is 19.9 Å². The Balaban J connectivity index is 1.59. The van der Waals surface area contributed by atoms with E-state index < -0.39 is 0 Å². The van der Waals surface area contributed by atoms with Crippen LogP contribution < -0.4 is 5.32 Å². The van der Waals surface area contributed by atoms with Gasteiger partial charge < -0.3 is 5.32 Å². The van der Waals surface area contributed by atoms with Crippen LogP contribution in [0.3, 0.4) is 0 Å². The van der Waals surface area contributed by atoms with Gasteiger partial charge in [0.1, 0.15) is 12.1 Å². The standard InChI is InChI=1S/C19H20N4O/c1-15(7-8-16-5-3-2-4-6-16)22-19(24)17-9-10-21-18(13-17)23-12-11-20-14-23/h2-6,9-15H,7-8H2,1H3,(H,22,24). The molecule has 2 aromatic heterocycles. The molecule has 2 heterocycles. The Morgan fingerprint density at radius 2 is 2.04 bits per heavy atom. The summed E-state index contributed by atoms with van der Waals surface area (Å²) in [6.45, 7) is 2.03. The molecule has 0 saturated heterocycles. The molecule has 122 valence electrons. The Labute approximate surface area is 141 Å². The maximum Gasteiger partial charge on any atom is 0.251 e. The maximum atomic E-state index is 12.4. The van der Waals surface area contributed by atoms with Gasteiger partial charge in [0.15, 0.2) is 0 Å². The molecule has 3 aromatic rings. The number of hydrogen-bond donors (Lipinski definition) is 1. The SMILES string of the molecule is CC(CCc1ccccc1)NC(=O)c1ccnc(-n2ccnc2)c1. The van der Waals surface area contributed by atoms with Crippen molar-refractivity contribution < 1.29 is 4.79 Å². The van der Waals surface area contributed by atoms with Crippen LogP contribution >= 0.6 is 0 Å². The maximum absolute atomic E-state index is 12.4. The molecule has 1 aromatic carbocycles. The van der Waals surface area contributed by atoms with Gasteiger partial charge in [0.25, 0.3) is 5.91 Å². The predicted molar refractivity (Wildman–Crippen MR) is 93.1 cm³/mol. The fourth-order valence-electron chi connectivity index (χ4n) is 2.50. The van der Waals surface area contributed by atoms with E-state index in [1.807, 2.05) is 25.1 Å². The average molecular weight is 320 g/mol. The van der Waals surface area contributed by atoms with Gasteiger partial charge in [0.2, 0.25) is 0 Å². The first-order chi connectivity index (χ1) is 11.7. The number of carbonyl (C=O) groups is 1. The van der Waals surface area contributed by atoms with Crippen LogP contribution in [0.15, 0.2) is 67.4 Å². The lowest BCUT2D eigenvalue weighted by Gasteiger charge is -2.14. The van der Waals surface area contributed by atoms with Crippen LogP contribution in [0, 0.1) is 0 Å². The monoisotopic (exact) mass is 320 g/mol. The molecule has 0 bridgehead atoms. The number of nitrogens with one attached hydrogen (secondary N) is 1. The first kappa shape index (κ1) is 15.9. The molecule has 3 rings (SSSR count). The van der Waals surface area contributed by atoms with Crippen LogP contribution in [0.1, 0.15) is 29.3 Å². The van der Waals surface area contributed by atoms with Gasteiger partial charge in [-0.25, -0.2) is 9.97 Å². The summed E-state index contributed by atoms with van der Waals surface area (Å²) in [6, 6.07) is 13.9. The van der Waals surface area contributed by atoms with E-state index in [1.54, 1.807) is 41.6 Å². The molecule has 1 N–H and O–H groups in total. The number of nitrogens with zero attached hydrogens (tertiary/aromatic N) is 3. The Bertz CT molecular complexity index is 784. The molecule has 0 aliphatic carbocycles. The van der Waals surface area contributed by atoms with E-state index in [0.29, 0.717) is 11.4 Å². The van der Waals surface area contributed by atoms with Crippen molar-refractivity contribution in [3.63, 3.8) is 0 Å². The molecular formula is C19H20N4O. The number of carbonyl (C=O) groups excluding carboxylic acids is 1. The number of rotatable bonds is 6. The van der Waals surface area contributed by atoms with Crippen molar-refractivity contribution >= 4 is 5.91 Å². The summed E-state index contributed by atoms with van der Waals surface area (Å²) in [6.07, 6.45) is 8.62. The van der Waals surface area contributed by atoms with E-state index in [-0.39, 0.29) is 11.9 Å². The van der Waals surface area contributed by atoms with Crippen LogP contribution in [0.25, 0.3) is 5.82 Å². The van der Waals surface area contributed by atoms with Gasteiger partial charge in [-0.3, -0.25) is 9.36 Å². The highest BCUT2D eigenvalue weighted by atomic mass is 16.1. The Morgan fingerprint density at radius 1 is 1.21 bits per heavy atom. The van der Waals surface area contributed by atoms with E-state index in [0.717, 1.165) is 12.8 Å². The second-order valence-corrected chi connectivity index (χ2v) is 5.77. The van der Waals surface area contributed by atoms with Gasteiger partial charge in [0, 0.05) is 30.2 Å². The highest BCUT2D eigenvalue weighted by Gasteiger charge is 2.11. The van der Waals surface area contributed by atoms with Gasteiger partial charge in [0.05, 0.1) is 0 Å². The third-order valence-electron chi connectivity index (χ3n) is 3.86. The van der Waals surface area contributed by atoms with E-state index in [4.69, 9.17) is 0 Å². The minimum absolute atomic E-state index is 0.0840. The third kappa shape index (κ3) is 4.07. The summed E-state index contributed by atoms with van der Waals surface area (Å²) in [7, 11) is 0. The summed E-state index contributed by atoms with van der Waals surface area (Å²) < 4.78 is 1.77. The molecular weight excluding hydrogens is 300 g/mol. The number of imidazole rings is 1. The Hall–Kier alpha value is -2.95. The zero-order valence-electron chi connectivity index (χ0n) is 13.6. The van der Waals surface area contributed by atoms with E-state index in [9.17, 15) is 4.79 Å². The number of hydrogen-bond acceptors (Lipinski definition) is 3. The van der Waals surface area contributed by atoms with Gasteiger partial charge >= 0.3 is 0 Å². The van der Waals surface area contributed by atoms with Gasteiger partial charge in [-0.15, -0.1) is 0 Å². The summed E-state index contributed by atoms with van der Waals surface area (Å²) >= 11 is 0. The van der Waals surface area contributed by atoms with Crippen molar-refractivity contribution in [2.45, 2.75) is 25.8 Å². The summed E-state index contributed by atoms with van der Waals surface area (Å²) in [5.74, 6) is 0.594. The van der Waals surface area contributed by atoms with Crippen molar-refractivity contribution in [3.05, 3.63) is 78.5 Å². The fraction of sp³-hybridized carbons (Fsp3) is 0.211. The molecule has 24 heavy (non-hydrogen) atoms. The van der Waals surface area contributed by atoms with Crippen molar-refractivity contribution in [2.75, 3.05) is 0 Å². The molecule has 5 nitrogen and oxygen atoms in total. The number of pyridine rings is 1. The molecule has 1 atom stereocenters. The van der Waals surface area contributed by atoms with E-state index in [1.165, 1.54) is 5.56 Å². The zero-order valence-corrected chi connectivity index (χ0v) is 13.6. The van der Waals surface area contributed by atoms with Gasteiger partial charge in [-0.2, -0.15) is 0 Å². The molecule has 0 aliphatic rings. The minimum atomic E-state index is -0.0840. The normalized spacial score (nSPS) is 11.9. The van der Waals surface area contributed by atoms with Crippen LogP contribution in [0.5, 0.6) is 0 Å². The molecule has 0 saturated carbocycles. The molecule has 0 radical (unpaired) electrons. The first-order valence-electron chi connectivity index (χ1n) is 8.01. The van der Waals surface area contributed by atoms with Crippen LogP contribution in [-0.2, 0) is 6.42 Å². The molecule has 0 spiro atoms. The van der Waals surface area contributed by atoms with Gasteiger partial charge in [-0.05, 0) is 37.5 Å². The number of aryl methyl sites for hydroxylation is 1.